The third kappa shape index (κ3) is 3.04. The summed E-state index contributed by atoms with van der Waals surface area (Å²) in [6.07, 6.45) is 2.46. The molecular weight excluding hydrogens is 152 g/mol. The molecule has 0 aliphatic rings. The van der Waals surface area contributed by atoms with Gasteiger partial charge in [0.1, 0.15) is 5.54 Å². The van der Waals surface area contributed by atoms with Gasteiger partial charge in [0.05, 0.1) is 12.7 Å². The second-order valence-electron chi connectivity index (χ2n) is 2.65. The molecule has 0 aromatic carbocycles. The maximum Gasteiger partial charge on any atom is 0.130 e. The highest BCUT2D eigenvalue weighted by Gasteiger charge is 2.26. The number of nitrogens with one attached hydrogen (secondary N) is 1. The molecule has 12 heavy (non-hydrogen) atoms. The van der Waals surface area contributed by atoms with Crippen molar-refractivity contribution in [1.82, 2.24) is 5.32 Å². The fourth-order valence-electron chi connectivity index (χ4n) is 0.943. The number of methoxy groups -OCH3 is 1. The first kappa shape index (κ1) is 11.2. The first-order valence-electron chi connectivity index (χ1n) is 4.00. The summed E-state index contributed by atoms with van der Waals surface area (Å²) in [5.41, 5.74) is -0.553. The number of nitrogens with zero attached hydrogens (tertiary/aromatic N) is 1. The Morgan fingerprint density at radius 1 is 1.75 bits per heavy atom. The predicted octanol–water partition coefficient (Wildman–Crippen LogP) is 1.08. The van der Waals surface area contributed by atoms with E-state index in [1.54, 1.807) is 13.2 Å². The molecule has 0 saturated carbocycles. The molecule has 0 aliphatic heterocycles. The van der Waals surface area contributed by atoms with Gasteiger partial charge in [-0.3, -0.25) is 5.32 Å². The van der Waals surface area contributed by atoms with Crippen molar-refractivity contribution < 1.29 is 4.74 Å². The quantitative estimate of drug-likeness (QED) is 0.604. The van der Waals surface area contributed by atoms with Crippen molar-refractivity contribution in [3.05, 3.63) is 12.7 Å². The summed E-state index contributed by atoms with van der Waals surface area (Å²) in [5, 5.41) is 12.0. The van der Waals surface area contributed by atoms with E-state index >= 15 is 0 Å². The minimum absolute atomic E-state index is 0.411. The lowest BCUT2D eigenvalue weighted by molar-refractivity contribution is 0.137. The van der Waals surface area contributed by atoms with Crippen LogP contribution in [0.25, 0.3) is 0 Å². The van der Waals surface area contributed by atoms with Crippen molar-refractivity contribution in [2.24, 2.45) is 0 Å². The highest BCUT2D eigenvalue weighted by Crippen LogP contribution is 2.08. The molecule has 0 bridgehead atoms. The van der Waals surface area contributed by atoms with Crippen molar-refractivity contribution in [2.45, 2.75) is 18.9 Å². The summed E-state index contributed by atoms with van der Waals surface area (Å²) >= 11 is 0. The van der Waals surface area contributed by atoms with Gasteiger partial charge in [-0.05, 0) is 6.42 Å². The number of nitriles is 1. The molecular formula is C9H16N2O. The van der Waals surface area contributed by atoms with Crippen LogP contribution in [0.4, 0.5) is 0 Å². The van der Waals surface area contributed by atoms with E-state index < -0.39 is 5.54 Å². The van der Waals surface area contributed by atoms with Crippen LogP contribution in [0.5, 0.6) is 0 Å². The molecule has 0 aromatic heterocycles. The fraction of sp³-hybridized carbons (Fsp3) is 0.667. The van der Waals surface area contributed by atoms with E-state index in [9.17, 15) is 0 Å². The fourth-order valence-corrected chi connectivity index (χ4v) is 0.943. The Labute approximate surface area is 74.0 Å². The van der Waals surface area contributed by atoms with Gasteiger partial charge in [0.15, 0.2) is 0 Å². The van der Waals surface area contributed by atoms with E-state index in [2.05, 4.69) is 18.0 Å². The largest absolute Gasteiger partial charge is 0.382 e. The van der Waals surface area contributed by atoms with Crippen molar-refractivity contribution >= 4 is 0 Å². The Morgan fingerprint density at radius 3 is 2.75 bits per heavy atom. The SMILES string of the molecule is C=CCNC(C#N)(CC)COC. The number of ether oxygens (including phenoxy) is 1. The topological polar surface area (TPSA) is 45.0 Å². The zero-order chi connectivity index (χ0) is 9.45. The van der Waals surface area contributed by atoms with Gasteiger partial charge in [0.25, 0.3) is 0 Å². The molecule has 0 amide bonds. The Morgan fingerprint density at radius 2 is 2.42 bits per heavy atom. The van der Waals surface area contributed by atoms with E-state index in [1.165, 1.54) is 0 Å². The average Bonchev–Trinajstić information content (AvgIpc) is 2.13. The van der Waals surface area contributed by atoms with Gasteiger partial charge in [-0.25, -0.2) is 0 Å². The van der Waals surface area contributed by atoms with Crippen LogP contribution in [0.1, 0.15) is 13.3 Å². The summed E-state index contributed by atoms with van der Waals surface area (Å²) in [4.78, 5) is 0. The van der Waals surface area contributed by atoms with Crippen LogP contribution in [0.2, 0.25) is 0 Å². The molecule has 0 spiro atoms. The number of hydrogen-bond acceptors (Lipinski definition) is 3. The molecule has 3 nitrogen and oxygen atoms in total. The maximum atomic E-state index is 8.91. The lowest BCUT2D eigenvalue weighted by Gasteiger charge is -2.24. The molecule has 1 atom stereocenters. The number of rotatable bonds is 6. The summed E-state index contributed by atoms with van der Waals surface area (Å²) in [5.74, 6) is 0. The van der Waals surface area contributed by atoms with Gasteiger partial charge >= 0.3 is 0 Å². The normalized spacial score (nSPS) is 14.8. The smallest absolute Gasteiger partial charge is 0.130 e. The third-order valence-electron chi connectivity index (χ3n) is 1.79. The molecule has 1 unspecified atom stereocenters. The molecule has 0 rings (SSSR count). The molecule has 0 aliphatic carbocycles. The van der Waals surface area contributed by atoms with Gasteiger partial charge in [-0.2, -0.15) is 5.26 Å². The highest BCUT2D eigenvalue weighted by molar-refractivity contribution is 5.07. The van der Waals surface area contributed by atoms with Crippen LogP contribution in [0, 0.1) is 11.3 Å². The summed E-state index contributed by atoms with van der Waals surface area (Å²) in [7, 11) is 1.59. The van der Waals surface area contributed by atoms with Crippen LogP contribution < -0.4 is 5.32 Å². The Kier molecular flexibility index (Phi) is 5.35. The summed E-state index contributed by atoms with van der Waals surface area (Å²) < 4.78 is 4.97. The zero-order valence-electron chi connectivity index (χ0n) is 7.76. The summed E-state index contributed by atoms with van der Waals surface area (Å²) in [6, 6.07) is 2.22. The molecule has 1 N–H and O–H groups in total. The Bertz CT molecular complexity index is 174. The molecule has 0 aromatic rings. The van der Waals surface area contributed by atoms with Crippen molar-refractivity contribution in [3.63, 3.8) is 0 Å². The van der Waals surface area contributed by atoms with Crippen LogP contribution in [-0.2, 0) is 4.74 Å². The van der Waals surface area contributed by atoms with Gasteiger partial charge in [0, 0.05) is 13.7 Å². The maximum absolute atomic E-state index is 8.91. The first-order valence-corrected chi connectivity index (χ1v) is 4.00. The van der Waals surface area contributed by atoms with Crippen molar-refractivity contribution in [3.8, 4) is 6.07 Å². The van der Waals surface area contributed by atoms with Crippen LogP contribution in [0.3, 0.4) is 0 Å². The predicted molar refractivity (Wildman–Crippen MR) is 48.7 cm³/mol. The van der Waals surface area contributed by atoms with Gasteiger partial charge in [0.2, 0.25) is 0 Å². The lowest BCUT2D eigenvalue weighted by Crippen LogP contribution is -2.47. The van der Waals surface area contributed by atoms with E-state index in [4.69, 9.17) is 10.00 Å². The monoisotopic (exact) mass is 168 g/mol. The minimum atomic E-state index is -0.553. The van der Waals surface area contributed by atoms with Gasteiger partial charge in [-0.15, -0.1) is 6.58 Å². The van der Waals surface area contributed by atoms with E-state index in [0.29, 0.717) is 13.2 Å². The zero-order valence-corrected chi connectivity index (χ0v) is 7.76. The molecule has 68 valence electrons. The first-order chi connectivity index (χ1) is 5.74. The molecule has 3 heteroatoms. The average molecular weight is 168 g/mol. The summed E-state index contributed by atoms with van der Waals surface area (Å²) in [6.45, 7) is 6.58. The minimum Gasteiger partial charge on any atom is -0.382 e. The van der Waals surface area contributed by atoms with Crippen LogP contribution in [-0.4, -0.2) is 25.8 Å². The molecule has 0 heterocycles. The van der Waals surface area contributed by atoms with E-state index in [0.717, 1.165) is 6.42 Å². The van der Waals surface area contributed by atoms with Gasteiger partial charge in [-0.1, -0.05) is 13.0 Å². The molecule has 0 fully saturated rings. The second-order valence-corrected chi connectivity index (χ2v) is 2.65. The Hall–Kier alpha value is -0.850. The lowest BCUT2D eigenvalue weighted by atomic mass is 9.99. The standard InChI is InChI=1S/C9H16N2O/c1-4-6-11-9(5-2,7-10)8-12-3/h4,11H,1,5-6,8H2,2-3H3. The van der Waals surface area contributed by atoms with Crippen LogP contribution >= 0.6 is 0 Å². The highest BCUT2D eigenvalue weighted by atomic mass is 16.5. The Balaban J connectivity index is 4.16. The van der Waals surface area contributed by atoms with Crippen molar-refractivity contribution in [2.75, 3.05) is 20.3 Å². The molecule has 0 radical (unpaired) electrons. The second kappa shape index (κ2) is 5.76. The van der Waals surface area contributed by atoms with Crippen molar-refractivity contribution in [1.29, 1.82) is 5.26 Å². The van der Waals surface area contributed by atoms with Gasteiger partial charge < -0.3 is 4.74 Å². The number of hydrogen-bond donors (Lipinski definition) is 1. The van der Waals surface area contributed by atoms with E-state index in [-0.39, 0.29) is 0 Å². The molecule has 0 saturated heterocycles. The van der Waals surface area contributed by atoms with E-state index in [1.807, 2.05) is 6.92 Å². The van der Waals surface area contributed by atoms with Crippen LogP contribution in [0.15, 0.2) is 12.7 Å². The third-order valence-corrected chi connectivity index (χ3v) is 1.79.